The van der Waals surface area contributed by atoms with Crippen LogP contribution in [-0.2, 0) is 4.79 Å². The fourth-order valence-electron chi connectivity index (χ4n) is 2.07. The zero-order valence-electron chi connectivity index (χ0n) is 9.69. The van der Waals surface area contributed by atoms with Crippen LogP contribution in [0, 0.1) is 11.3 Å². The van der Waals surface area contributed by atoms with Crippen molar-refractivity contribution in [1.29, 1.82) is 5.26 Å². The molecular formula is C12H13BrN4O. The van der Waals surface area contributed by atoms with Crippen LogP contribution in [0.2, 0.25) is 0 Å². The summed E-state index contributed by atoms with van der Waals surface area (Å²) in [5.41, 5.74) is 6.80. The van der Waals surface area contributed by atoms with Crippen LogP contribution >= 0.6 is 15.9 Å². The average molecular weight is 309 g/mol. The van der Waals surface area contributed by atoms with Gasteiger partial charge in [-0.25, -0.2) is 0 Å². The minimum atomic E-state index is -0.375. The number of carbonyl (C=O) groups is 1. The van der Waals surface area contributed by atoms with Crippen molar-refractivity contribution >= 4 is 27.5 Å². The van der Waals surface area contributed by atoms with E-state index in [4.69, 9.17) is 11.0 Å². The number of hydrogen-bond acceptors (Lipinski definition) is 4. The molecule has 0 aromatic heterocycles. The Labute approximate surface area is 114 Å². The molecule has 0 radical (unpaired) electrons. The van der Waals surface area contributed by atoms with Crippen molar-refractivity contribution in [2.75, 3.05) is 24.5 Å². The molecule has 6 heteroatoms. The quantitative estimate of drug-likeness (QED) is 0.837. The first-order chi connectivity index (χ1) is 8.61. The monoisotopic (exact) mass is 308 g/mol. The number of primary amides is 1. The highest BCUT2D eigenvalue weighted by molar-refractivity contribution is 9.10. The average Bonchev–Trinajstić information content (AvgIpc) is 2.38. The summed E-state index contributed by atoms with van der Waals surface area (Å²) in [5, 5.41) is 12.1. The molecular weight excluding hydrogens is 296 g/mol. The van der Waals surface area contributed by atoms with Gasteiger partial charge >= 0.3 is 0 Å². The van der Waals surface area contributed by atoms with E-state index in [9.17, 15) is 4.79 Å². The molecule has 2 rings (SSSR count). The Morgan fingerprint density at radius 1 is 1.56 bits per heavy atom. The van der Waals surface area contributed by atoms with E-state index in [0.717, 1.165) is 16.7 Å². The first-order valence-corrected chi connectivity index (χ1v) is 6.38. The van der Waals surface area contributed by atoms with Crippen molar-refractivity contribution in [2.45, 2.75) is 6.04 Å². The third-order valence-corrected chi connectivity index (χ3v) is 3.37. The molecule has 5 nitrogen and oxygen atoms in total. The van der Waals surface area contributed by atoms with Gasteiger partial charge in [0.2, 0.25) is 5.91 Å². The van der Waals surface area contributed by atoms with Crippen LogP contribution in [0.1, 0.15) is 5.56 Å². The summed E-state index contributed by atoms with van der Waals surface area (Å²) in [7, 11) is 0. The Bertz CT molecular complexity index is 511. The minimum Gasteiger partial charge on any atom is -0.368 e. The van der Waals surface area contributed by atoms with Crippen LogP contribution in [0.5, 0.6) is 0 Å². The fourth-order valence-corrected chi connectivity index (χ4v) is 2.55. The first-order valence-electron chi connectivity index (χ1n) is 5.59. The fraction of sp³-hybridized carbons (Fsp3) is 0.333. The van der Waals surface area contributed by atoms with Crippen molar-refractivity contribution in [3.63, 3.8) is 0 Å². The van der Waals surface area contributed by atoms with Gasteiger partial charge in [-0.3, -0.25) is 4.79 Å². The van der Waals surface area contributed by atoms with Crippen molar-refractivity contribution < 1.29 is 4.79 Å². The van der Waals surface area contributed by atoms with E-state index in [1.165, 1.54) is 0 Å². The van der Waals surface area contributed by atoms with Gasteiger partial charge in [-0.1, -0.05) is 15.9 Å². The van der Waals surface area contributed by atoms with Crippen LogP contribution < -0.4 is 16.0 Å². The van der Waals surface area contributed by atoms with E-state index in [1.807, 2.05) is 11.0 Å². The molecule has 1 saturated heterocycles. The number of nitrogens with two attached hydrogens (primary N) is 1. The molecule has 1 aromatic rings. The van der Waals surface area contributed by atoms with Gasteiger partial charge in [-0.05, 0) is 18.2 Å². The molecule has 1 atom stereocenters. The van der Waals surface area contributed by atoms with E-state index < -0.39 is 0 Å². The third kappa shape index (κ3) is 2.63. The van der Waals surface area contributed by atoms with E-state index in [0.29, 0.717) is 18.7 Å². The molecule has 3 N–H and O–H groups in total. The normalized spacial score (nSPS) is 19.3. The van der Waals surface area contributed by atoms with E-state index in [2.05, 4.69) is 27.3 Å². The number of nitrogens with one attached hydrogen (secondary N) is 1. The molecule has 1 fully saturated rings. The Morgan fingerprint density at radius 2 is 2.33 bits per heavy atom. The van der Waals surface area contributed by atoms with Crippen LogP contribution in [0.15, 0.2) is 22.7 Å². The molecule has 1 aliphatic heterocycles. The highest BCUT2D eigenvalue weighted by Gasteiger charge is 2.27. The summed E-state index contributed by atoms with van der Waals surface area (Å²) in [5.74, 6) is -0.360. The van der Waals surface area contributed by atoms with Gasteiger partial charge in [0.15, 0.2) is 0 Å². The summed E-state index contributed by atoms with van der Waals surface area (Å²) in [6, 6.07) is 7.13. The summed E-state index contributed by atoms with van der Waals surface area (Å²) >= 11 is 3.37. The number of benzene rings is 1. The van der Waals surface area contributed by atoms with Gasteiger partial charge in [0.1, 0.15) is 6.04 Å². The predicted molar refractivity (Wildman–Crippen MR) is 72.1 cm³/mol. The minimum absolute atomic E-state index is 0.360. The van der Waals surface area contributed by atoms with Crippen LogP contribution in [0.4, 0.5) is 5.69 Å². The van der Waals surface area contributed by atoms with E-state index in [1.54, 1.807) is 12.1 Å². The number of rotatable bonds is 2. The maximum absolute atomic E-state index is 11.4. The highest BCUT2D eigenvalue weighted by Crippen LogP contribution is 2.24. The van der Waals surface area contributed by atoms with Crippen LogP contribution in [0.25, 0.3) is 0 Å². The zero-order valence-corrected chi connectivity index (χ0v) is 11.3. The predicted octanol–water partition coefficient (Wildman–Crippen LogP) is 0.584. The second-order valence-electron chi connectivity index (χ2n) is 4.13. The number of anilines is 1. The Hall–Kier alpha value is -1.58. The molecule has 1 aromatic carbocycles. The van der Waals surface area contributed by atoms with Crippen molar-refractivity contribution in [3.8, 4) is 6.07 Å². The number of amides is 1. The Morgan fingerprint density at radius 3 is 3.00 bits per heavy atom. The second-order valence-corrected chi connectivity index (χ2v) is 5.04. The van der Waals surface area contributed by atoms with Crippen molar-refractivity contribution in [3.05, 3.63) is 28.2 Å². The number of hydrogen-bond donors (Lipinski definition) is 2. The molecule has 0 saturated carbocycles. The highest BCUT2D eigenvalue weighted by atomic mass is 79.9. The summed E-state index contributed by atoms with van der Waals surface area (Å²) in [4.78, 5) is 13.4. The third-order valence-electron chi connectivity index (χ3n) is 2.92. The van der Waals surface area contributed by atoms with E-state index in [-0.39, 0.29) is 11.9 Å². The summed E-state index contributed by atoms with van der Waals surface area (Å²) < 4.78 is 0.818. The molecule has 1 amide bonds. The maximum atomic E-state index is 11.4. The van der Waals surface area contributed by atoms with Crippen LogP contribution in [-0.4, -0.2) is 31.6 Å². The SMILES string of the molecule is N#Cc1cc(Br)cc(N2CCNCC2C(N)=O)c1. The molecule has 1 unspecified atom stereocenters. The van der Waals surface area contributed by atoms with Gasteiger partial charge in [0.05, 0.1) is 11.6 Å². The second kappa shape index (κ2) is 5.38. The number of carbonyl (C=O) groups excluding carboxylic acids is 1. The molecule has 0 spiro atoms. The van der Waals surface area contributed by atoms with Gasteiger partial charge in [0.25, 0.3) is 0 Å². The van der Waals surface area contributed by atoms with Crippen molar-refractivity contribution in [2.24, 2.45) is 5.73 Å². The number of halogens is 1. The molecule has 18 heavy (non-hydrogen) atoms. The number of nitrogens with zero attached hydrogens (tertiary/aromatic N) is 2. The lowest BCUT2D eigenvalue weighted by Gasteiger charge is -2.36. The van der Waals surface area contributed by atoms with E-state index >= 15 is 0 Å². The van der Waals surface area contributed by atoms with Crippen LogP contribution in [0.3, 0.4) is 0 Å². The molecule has 1 heterocycles. The summed E-state index contributed by atoms with van der Waals surface area (Å²) in [6.45, 7) is 2.01. The lowest BCUT2D eigenvalue weighted by Crippen LogP contribution is -2.57. The zero-order chi connectivity index (χ0) is 13.1. The topological polar surface area (TPSA) is 82.2 Å². The largest absolute Gasteiger partial charge is 0.368 e. The lowest BCUT2D eigenvalue weighted by atomic mass is 10.1. The maximum Gasteiger partial charge on any atom is 0.241 e. The Balaban J connectivity index is 2.36. The van der Waals surface area contributed by atoms with Crippen molar-refractivity contribution in [1.82, 2.24) is 5.32 Å². The number of piperazine rings is 1. The van der Waals surface area contributed by atoms with Gasteiger partial charge < -0.3 is 16.0 Å². The van der Waals surface area contributed by atoms with Gasteiger partial charge in [-0.2, -0.15) is 5.26 Å². The molecule has 1 aliphatic rings. The standard InChI is InChI=1S/C12H13BrN4O/c13-9-3-8(6-14)4-10(5-9)17-2-1-16-7-11(17)12(15)18/h3-5,11,16H,1-2,7H2,(H2,15,18). The Kier molecular flexibility index (Phi) is 3.84. The van der Waals surface area contributed by atoms with Gasteiger partial charge in [-0.15, -0.1) is 0 Å². The lowest BCUT2D eigenvalue weighted by molar-refractivity contribution is -0.119. The summed E-state index contributed by atoms with van der Waals surface area (Å²) in [6.07, 6.45) is 0. The molecule has 0 bridgehead atoms. The molecule has 94 valence electrons. The smallest absolute Gasteiger partial charge is 0.241 e. The number of nitriles is 1. The first kappa shape index (κ1) is 12.9. The van der Waals surface area contributed by atoms with Gasteiger partial charge in [0, 0.05) is 29.8 Å². The molecule has 0 aliphatic carbocycles.